The Bertz CT molecular complexity index is 369. The van der Waals surface area contributed by atoms with E-state index in [1.807, 2.05) is 0 Å². The molecule has 2 N–H and O–H groups in total. The van der Waals surface area contributed by atoms with E-state index in [0.29, 0.717) is 0 Å². The van der Waals surface area contributed by atoms with Gasteiger partial charge in [-0.25, -0.2) is 4.39 Å². The van der Waals surface area contributed by atoms with Crippen molar-refractivity contribution in [1.29, 1.82) is 0 Å². The molecule has 1 aromatic rings. The summed E-state index contributed by atoms with van der Waals surface area (Å²) in [4.78, 5) is 10.5. The van der Waals surface area contributed by atoms with E-state index in [1.165, 1.54) is 6.07 Å². The molecule has 0 spiro atoms. The van der Waals surface area contributed by atoms with Crippen LogP contribution in [0.15, 0.2) is 12.1 Å². The molecule has 15 heavy (non-hydrogen) atoms. The van der Waals surface area contributed by atoms with Crippen LogP contribution in [0.3, 0.4) is 0 Å². The van der Waals surface area contributed by atoms with E-state index in [9.17, 15) is 9.18 Å². The SMILES string of the molecule is CC(CC(=O)O)c1c(F)cc(O)cc1Cl. The third-order valence-electron chi connectivity index (χ3n) is 2.04. The molecular formula is C10H10ClFO3. The molecule has 1 aromatic carbocycles. The summed E-state index contributed by atoms with van der Waals surface area (Å²) in [6.45, 7) is 1.56. The minimum atomic E-state index is -1.02. The highest BCUT2D eigenvalue weighted by Crippen LogP contribution is 2.32. The molecule has 0 heterocycles. The highest BCUT2D eigenvalue weighted by molar-refractivity contribution is 6.31. The minimum Gasteiger partial charge on any atom is -0.508 e. The summed E-state index contributed by atoms with van der Waals surface area (Å²) in [6.07, 6.45) is -0.207. The largest absolute Gasteiger partial charge is 0.508 e. The number of benzene rings is 1. The van der Waals surface area contributed by atoms with Crippen molar-refractivity contribution >= 4 is 17.6 Å². The maximum atomic E-state index is 13.4. The molecule has 0 saturated heterocycles. The molecule has 0 aliphatic rings. The molecule has 82 valence electrons. The van der Waals surface area contributed by atoms with Gasteiger partial charge >= 0.3 is 5.97 Å². The Morgan fingerprint density at radius 3 is 2.67 bits per heavy atom. The molecule has 0 aromatic heterocycles. The summed E-state index contributed by atoms with van der Waals surface area (Å²) in [6, 6.07) is 2.11. The van der Waals surface area contributed by atoms with Gasteiger partial charge in [-0.05, 0) is 12.0 Å². The normalized spacial score (nSPS) is 12.5. The summed E-state index contributed by atoms with van der Waals surface area (Å²) in [5.41, 5.74) is 0.122. The number of carboxylic acids is 1. The van der Waals surface area contributed by atoms with Crippen LogP contribution in [0.1, 0.15) is 24.8 Å². The van der Waals surface area contributed by atoms with E-state index in [0.717, 1.165) is 6.07 Å². The number of hydrogen-bond acceptors (Lipinski definition) is 2. The third-order valence-corrected chi connectivity index (χ3v) is 2.35. The van der Waals surface area contributed by atoms with Crippen LogP contribution >= 0.6 is 11.6 Å². The van der Waals surface area contributed by atoms with E-state index in [-0.39, 0.29) is 22.8 Å². The van der Waals surface area contributed by atoms with Gasteiger partial charge in [-0.1, -0.05) is 18.5 Å². The molecule has 0 saturated carbocycles. The molecule has 0 fully saturated rings. The van der Waals surface area contributed by atoms with E-state index in [1.54, 1.807) is 6.92 Å². The van der Waals surface area contributed by atoms with Crippen molar-refractivity contribution in [1.82, 2.24) is 0 Å². The fraction of sp³-hybridized carbons (Fsp3) is 0.300. The molecule has 0 bridgehead atoms. The second-order valence-electron chi connectivity index (χ2n) is 3.32. The first kappa shape index (κ1) is 11.8. The predicted molar refractivity (Wildman–Crippen MR) is 53.7 cm³/mol. The third kappa shape index (κ3) is 2.83. The van der Waals surface area contributed by atoms with E-state index >= 15 is 0 Å². The first-order valence-corrected chi connectivity index (χ1v) is 4.69. The van der Waals surface area contributed by atoms with Gasteiger partial charge in [0.2, 0.25) is 0 Å². The maximum Gasteiger partial charge on any atom is 0.303 e. The Morgan fingerprint density at radius 2 is 2.20 bits per heavy atom. The summed E-state index contributed by atoms with van der Waals surface area (Å²) in [7, 11) is 0. The lowest BCUT2D eigenvalue weighted by Crippen LogP contribution is -2.05. The van der Waals surface area contributed by atoms with Gasteiger partial charge in [0.1, 0.15) is 11.6 Å². The number of rotatable bonds is 3. The van der Waals surface area contributed by atoms with Crippen molar-refractivity contribution in [3.63, 3.8) is 0 Å². The van der Waals surface area contributed by atoms with Crippen molar-refractivity contribution in [3.8, 4) is 5.75 Å². The molecule has 0 aliphatic heterocycles. The van der Waals surface area contributed by atoms with E-state index in [2.05, 4.69) is 0 Å². The average Bonchev–Trinajstić information content (AvgIpc) is 1.99. The van der Waals surface area contributed by atoms with E-state index < -0.39 is 17.7 Å². The van der Waals surface area contributed by atoms with Crippen LogP contribution in [-0.2, 0) is 4.79 Å². The lowest BCUT2D eigenvalue weighted by atomic mass is 9.97. The van der Waals surface area contributed by atoms with Gasteiger partial charge in [-0.2, -0.15) is 0 Å². The number of carbonyl (C=O) groups is 1. The fourth-order valence-electron chi connectivity index (χ4n) is 1.41. The molecule has 0 amide bonds. The molecular weight excluding hydrogens is 223 g/mol. The molecule has 0 aliphatic carbocycles. The van der Waals surface area contributed by atoms with Crippen molar-refractivity contribution in [2.24, 2.45) is 0 Å². The number of aliphatic carboxylic acids is 1. The highest BCUT2D eigenvalue weighted by atomic mass is 35.5. The Balaban J connectivity index is 3.08. The molecule has 0 radical (unpaired) electrons. The summed E-state index contributed by atoms with van der Waals surface area (Å²) in [5, 5.41) is 17.7. The quantitative estimate of drug-likeness (QED) is 0.843. The number of hydrogen-bond donors (Lipinski definition) is 2. The van der Waals surface area contributed by atoms with Gasteiger partial charge in [0.15, 0.2) is 0 Å². The molecule has 3 nitrogen and oxygen atoms in total. The lowest BCUT2D eigenvalue weighted by molar-refractivity contribution is -0.137. The summed E-state index contributed by atoms with van der Waals surface area (Å²) < 4.78 is 13.4. The van der Waals surface area contributed by atoms with Crippen molar-refractivity contribution < 1.29 is 19.4 Å². The van der Waals surface area contributed by atoms with Gasteiger partial charge in [0.05, 0.1) is 11.4 Å². The van der Waals surface area contributed by atoms with Crippen molar-refractivity contribution in [3.05, 3.63) is 28.5 Å². The number of aromatic hydroxyl groups is 1. The second-order valence-corrected chi connectivity index (χ2v) is 3.73. The second kappa shape index (κ2) is 4.49. The zero-order valence-electron chi connectivity index (χ0n) is 8.00. The van der Waals surface area contributed by atoms with Gasteiger partial charge in [0.25, 0.3) is 0 Å². The van der Waals surface area contributed by atoms with Crippen molar-refractivity contribution in [2.75, 3.05) is 0 Å². The molecule has 1 atom stereocenters. The predicted octanol–water partition coefficient (Wildman–Crippen LogP) is 2.76. The standard InChI is InChI=1S/C10H10ClFO3/c1-5(2-9(14)15)10-7(11)3-6(13)4-8(10)12/h3-5,13H,2H2,1H3,(H,14,15). The smallest absolute Gasteiger partial charge is 0.303 e. The van der Waals surface area contributed by atoms with Gasteiger partial charge in [-0.3, -0.25) is 4.79 Å². The number of phenolic OH excluding ortho intramolecular Hbond substituents is 1. The number of halogens is 2. The van der Waals surface area contributed by atoms with E-state index in [4.69, 9.17) is 21.8 Å². The number of phenols is 1. The Labute approximate surface area is 91.1 Å². The summed E-state index contributed by atoms with van der Waals surface area (Å²) in [5.74, 6) is -2.51. The van der Waals surface area contributed by atoms with Crippen LogP contribution in [0.25, 0.3) is 0 Å². The van der Waals surface area contributed by atoms with Crippen LogP contribution in [0, 0.1) is 5.82 Å². The summed E-state index contributed by atoms with van der Waals surface area (Å²) >= 11 is 5.72. The lowest BCUT2D eigenvalue weighted by Gasteiger charge is -2.12. The molecule has 5 heteroatoms. The first-order chi connectivity index (χ1) is 6.91. The van der Waals surface area contributed by atoms with Crippen LogP contribution in [0.4, 0.5) is 4.39 Å². The Kier molecular flexibility index (Phi) is 3.52. The first-order valence-electron chi connectivity index (χ1n) is 4.31. The zero-order chi connectivity index (χ0) is 11.6. The van der Waals surface area contributed by atoms with Crippen LogP contribution in [0.5, 0.6) is 5.75 Å². The van der Waals surface area contributed by atoms with Gasteiger partial charge < -0.3 is 10.2 Å². The van der Waals surface area contributed by atoms with Crippen LogP contribution in [0.2, 0.25) is 5.02 Å². The number of carboxylic acid groups (broad SMARTS) is 1. The monoisotopic (exact) mass is 232 g/mol. The van der Waals surface area contributed by atoms with Crippen LogP contribution < -0.4 is 0 Å². The average molecular weight is 233 g/mol. The fourth-order valence-corrected chi connectivity index (χ4v) is 1.79. The van der Waals surface area contributed by atoms with Crippen LogP contribution in [-0.4, -0.2) is 16.2 Å². The molecule has 1 rings (SSSR count). The zero-order valence-corrected chi connectivity index (χ0v) is 8.75. The van der Waals surface area contributed by atoms with Gasteiger partial charge in [-0.15, -0.1) is 0 Å². The maximum absolute atomic E-state index is 13.4. The minimum absolute atomic E-state index is 0.0428. The van der Waals surface area contributed by atoms with Crippen molar-refractivity contribution in [2.45, 2.75) is 19.3 Å². The Hall–Kier alpha value is -1.29. The Morgan fingerprint density at radius 1 is 1.60 bits per heavy atom. The van der Waals surface area contributed by atoms with Gasteiger partial charge in [0, 0.05) is 11.6 Å². The molecule has 1 unspecified atom stereocenters. The highest BCUT2D eigenvalue weighted by Gasteiger charge is 2.18. The topological polar surface area (TPSA) is 57.5 Å².